The molecule has 0 radical (unpaired) electrons. The molecule has 0 saturated carbocycles. The lowest BCUT2D eigenvalue weighted by Crippen LogP contribution is -2.01. The van der Waals surface area contributed by atoms with Crippen LogP contribution >= 0.6 is 27.5 Å². The van der Waals surface area contributed by atoms with Crippen molar-refractivity contribution in [2.75, 3.05) is 6.61 Å². The topological polar surface area (TPSA) is 39.4 Å². The number of hydrogen-bond donors (Lipinski definition) is 0. The van der Waals surface area contributed by atoms with E-state index in [1.807, 2.05) is 0 Å². The molecule has 0 amide bonds. The van der Waals surface area contributed by atoms with Crippen molar-refractivity contribution in [1.29, 1.82) is 0 Å². The van der Waals surface area contributed by atoms with Crippen molar-refractivity contribution >= 4 is 33.0 Å². The lowest BCUT2D eigenvalue weighted by molar-refractivity contribution is 0.328. The maximum atomic E-state index is 13.3. The summed E-state index contributed by atoms with van der Waals surface area (Å²) in [4.78, 5) is 3.88. The van der Waals surface area contributed by atoms with E-state index in [1.165, 1.54) is 10.7 Å². The largest absolute Gasteiger partial charge is 0.476 e. The van der Waals surface area contributed by atoms with E-state index >= 15 is 0 Å². The highest BCUT2D eigenvalue weighted by molar-refractivity contribution is 9.10. The number of nitrogens with zero attached hydrogens (tertiary/aromatic N) is 3. The molecule has 0 saturated heterocycles. The van der Waals surface area contributed by atoms with E-state index < -0.39 is 5.82 Å². The van der Waals surface area contributed by atoms with Crippen molar-refractivity contribution in [3.63, 3.8) is 0 Å². The average Bonchev–Trinajstić information content (AvgIpc) is 2.42. The average molecular weight is 295 g/mol. The Bertz CT molecular complexity index is 516. The van der Waals surface area contributed by atoms with E-state index in [1.54, 1.807) is 6.92 Å². The monoisotopic (exact) mass is 293 g/mol. The minimum atomic E-state index is -0.437. The van der Waals surface area contributed by atoms with Crippen LogP contribution in [0, 0.1) is 5.82 Å². The van der Waals surface area contributed by atoms with Crippen LogP contribution in [0.4, 0.5) is 4.39 Å². The Hall–Kier alpha value is -0.880. The van der Waals surface area contributed by atoms with E-state index in [4.69, 9.17) is 16.3 Å². The third-order valence-electron chi connectivity index (χ3n) is 1.75. The van der Waals surface area contributed by atoms with E-state index in [2.05, 4.69) is 26.0 Å². The van der Waals surface area contributed by atoms with Crippen LogP contribution in [0.25, 0.3) is 5.52 Å². The maximum absolute atomic E-state index is 13.3. The molecule has 15 heavy (non-hydrogen) atoms. The predicted octanol–water partition coefficient (Wildman–Crippen LogP) is 2.68. The Morgan fingerprint density at radius 2 is 2.40 bits per heavy atom. The molecule has 2 aromatic rings. The molecule has 0 fully saturated rings. The summed E-state index contributed by atoms with van der Waals surface area (Å²) >= 11 is 8.76. The summed E-state index contributed by atoms with van der Waals surface area (Å²) in [5.41, 5.74) is 0.429. The molecule has 0 spiro atoms. The number of aromatic nitrogens is 3. The zero-order chi connectivity index (χ0) is 11.0. The van der Waals surface area contributed by atoms with Gasteiger partial charge in [-0.2, -0.15) is 4.98 Å². The van der Waals surface area contributed by atoms with Gasteiger partial charge >= 0.3 is 0 Å². The van der Waals surface area contributed by atoms with Crippen molar-refractivity contribution in [2.45, 2.75) is 6.92 Å². The maximum Gasteiger partial charge on any atom is 0.244 e. The molecule has 4 nitrogen and oxygen atoms in total. The van der Waals surface area contributed by atoms with E-state index in [0.29, 0.717) is 12.1 Å². The molecular formula is C8H6BrClFN3O. The first-order valence-electron chi connectivity index (χ1n) is 4.16. The third kappa shape index (κ3) is 1.79. The van der Waals surface area contributed by atoms with Gasteiger partial charge in [-0.15, -0.1) is 5.10 Å². The summed E-state index contributed by atoms with van der Waals surface area (Å²) in [6.07, 6.45) is 1.20. The van der Waals surface area contributed by atoms with Crippen molar-refractivity contribution in [2.24, 2.45) is 0 Å². The molecule has 80 valence electrons. The summed E-state index contributed by atoms with van der Waals surface area (Å²) in [7, 11) is 0. The van der Waals surface area contributed by atoms with Crippen molar-refractivity contribution in [3.05, 3.63) is 21.8 Å². The van der Waals surface area contributed by atoms with Crippen LogP contribution in [-0.4, -0.2) is 21.2 Å². The van der Waals surface area contributed by atoms with Crippen LogP contribution in [0.1, 0.15) is 6.92 Å². The minimum Gasteiger partial charge on any atom is -0.476 e. The first-order chi connectivity index (χ1) is 7.13. The number of rotatable bonds is 2. The van der Waals surface area contributed by atoms with Crippen LogP contribution in [-0.2, 0) is 0 Å². The Kier molecular flexibility index (Phi) is 2.79. The Balaban J connectivity index is 2.75. The van der Waals surface area contributed by atoms with E-state index in [9.17, 15) is 4.39 Å². The molecular weight excluding hydrogens is 288 g/mol. The number of halogens is 3. The quantitative estimate of drug-likeness (QED) is 0.855. The van der Waals surface area contributed by atoms with Gasteiger partial charge in [-0.25, -0.2) is 8.91 Å². The van der Waals surface area contributed by atoms with Gasteiger partial charge in [0.25, 0.3) is 0 Å². The molecule has 7 heteroatoms. The molecule has 0 unspecified atom stereocenters. The van der Waals surface area contributed by atoms with Crippen molar-refractivity contribution in [3.8, 4) is 5.88 Å². The van der Waals surface area contributed by atoms with Gasteiger partial charge < -0.3 is 4.74 Å². The van der Waals surface area contributed by atoms with Crippen LogP contribution in [0.3, 0.4) is 0 Å². The Morgan fingerprint density at radius 3 is 3.07 bits per heavy atom. The highest BCUT2D eigenvalue weighted by atomic mass is 79.9. The first-order valence-corrected chi connectivity index (χ1v) is 5.33. The fourth-order valence-electron chi connectivity index (χ4n) is 1.20. The smallest absolute Gasteiger partial charge is 0.244 e. The molecule has 2 heterocycles. The summed E-state index contributed by atoms with van der Waals surface area (Å²) in [5, 5.41) is 3.83. The zero-order valence-corrected chi connectivity index (χ0v) is 10.0. The van der Waals surface area contributed by atoms with E-state index in [0.717, 1.165) is 0 Å². The second-order valence-electron chi connectivity index (χ2n) is 2.70. The highest BCUT2D eigenvalue weighted by Gasteiger charge is 2.16. The second kappa shape index (κ2) is 3.94. The zero-order valence-electron chi connectivity index (χ0n) is 7.67. The van der Waals surface area contributed by atoms with Crippen LogP contribution in [0.15, 0.2) is 10.7 Å². The molecule has 0 N–H and O–H groups in total. The first kappa shape index (κ1) is 10.6. The molecule has 0 aliphatic rings. The van der Waals surface area contributed by atoms with Crippen LogP contribution in [0.2, 0.25) is 5.28 Å². The molecule has 0 bridgehead atoms. The standard InChI is InChI=1S/C8H6BrClFN3O/c1-2-15-7-6-5(9)4(11)3-14(6)13-8(10)12-7/h3H,2H2,1H3. The van der Waals surface area contributed by atoms with E-state index in [-0.39, 0.29) is 15.6 Å². The van der Waals surface area contributed by atoms with Crippen LogP contribution in [0.5, 0.6) is 5.88 Å². The van der Waals surface area contributed by atoms with Crippen molar-refractivity contribution < 1.29 is 9.13 Å². The number of ether oxygens (including phenoxy) is 1. The van der Waals surface area contributed by atoms with Gasteiger partial charge in [-0.1, -0.05) is 0 Å². The molecule has 0 atom stereocenters. The van der Waals surface area contributed by atoms with Gasteiger partial charge in [0, 0.05) is 0 Å². The van der Waals surface area contributed by atoms with Gasteiger partial charge in [0.15, 0.2) is 5.82 Å². The molecule has 2 aromatic heterocycles. The number of fused-ring (bicyclic) bond motifs is 1. The Labute approximate surface area is 98.1 Å². The van der Waals surface area contributed by atoms with Gasteiger partial charge in [0.1, 0.15) is 5.52 Å². The van der Waals surface area contributed by atoms with Gasteiger partial charge in [-0.3, -0.25) is 0 Å². The van der Waals surface area contributed by atoms with Crippen molar-refractivity contribution in [1.82, 2.24) is 14.6 Å². The molecule has 0 aliphatic heterocycles. The van der Waals surface area contributed by atoms with Gasteiger partial charge in [0.05, 0.1) is 17.3 Å². The molecule has 2 rings (SSSR count). The lowest BCUT2D eigenvalue weighted by Gasteiger charge is -2.04. The number of hydrogen-bond acceptors (Lipinski definition) is 3. The highest BCUT2D eigenvalue weighted by Crippen LogP contribution is 2.29. The molecule has 0 aliphatic carbocycles. The summed E-state index contributed by atoms with van der Waals surface area (Å²) in [6, 6.07) is 0. The summed E-state index contributed by atoms with van der Waals surface area (Å²) < 4.78 is 20.1. The predicted molar refractivity (Wildman–Crippen MR) is 56.8 cm³/mol. The third-order valence-corrected chi connectivity index (χ3v) is 2.66. The SMILES string of the molecule is CCOc1nc(Cl)nn2cc(F)c(Br)c12. The van der Waals surface area contributed by atoms with Crippen LogP contribution < -0.4 is 4.74 Å². The second-order valence-corrected chi connectivity index (χ2v) is 3.83. The van der Waals surface area contributed by atoms with Gasteiger partial charge in [0.2, 0.25) is 11.2 Å². The Morgan fingerprint density at radius 1 is 1.67 bits per heavy atom. The summed E-state index contributed by atoms with van der Waals surface area (Å²) in [6.45, 7) is 2.22. The summed E-state index contributed by atoms with van der Waals surface area (Å²) in [5.74, 6) is -0.180. The minimum absolute atomic E-state index is 0.00782. The molecule has 0 aromatic carbocycles. The van der Waals surface area contributed by atoms with Gasteiger partial charge in [-0.05, 0) is 34.5 Å². The lowest BCUT2D eigenvalue weighted by atomic mass is 10.5. The fraction of sp³-hybridized carbons (Fsp3) is 0.250. The fourth-order valence-corrected chi connectivity index (χ4v) is 1.81. The normalized spacial score (nSPS) is 10.9.